The van der Waals surface area contributed by atoms with Crippen LogP contribution in [0.1, 0.15) is 42.5 Å². The number of hydrogen-bond donors (Lipinski definition) is 1. The lowest BCUT2D eigenvalue weighted by atomic mass is 10.0. The van der Waals surface area contributed by atoms with Crippen molar-refractivity contribution in [2.75, 3.05) is 0 Å². The molecule has 2 amide bonds. The van der Waals surface area contributed by atoms with E-state index in [9.17, 15) is 19.7 Å². The molecule has 0 radical (unpaired) electrons. The van der Waals surface area contributed by atoms with Crippen LogP contribution in [0.3, 0.4) is 0 Å². The van der Waals surface area contributed by atoms with Gasteiger partial charge in [-0.05, 0) is 31.4 Å². The highest BCUT2D eigenvalue weighted by Crippen LogP contribution is 2.22. The third-order valence-corrected chi connectivity index (χ3v) is 6.24. The second-order valence-corrected chi connectivity index (χ2v) is 9.10. The van der Waals surface area contributed by atoms with Gasteiger partial charge in [0.2, 0.25) is 11.8 Å². The molecule has 0 aliphatic heterocycles. The fourth-order valence-corrected chi connectivity index (χ4v) is 4.11. The van der Waals surface area contributed by atoms with Crippen LogP contribution in [-0.4, -0.2) is 33.7 Å². The first kappa shape index (κ1) is 26.6. The van der Waals surface area contributed by atoms with Gasteiger partial charge in [0.15, 0.2) is 0 Å². The Labute approximate surface area is 212 Å². The molecule has 0 spiro atoms. The molecule has 3 aromatic carbocycles. The van der Waals surface area contributed by atoms with Crippen LogP contribution in [0.2, 0.25) is 0 Å². The van der Waals surface area contributed by atoms with Gasteiger partial charge in [0, 0.05) is 30.6 Å². The first-order chi connectivity index (χ1) is 17.3. The van der Waals surface area contributed by atoms with Crippen LogP contribution < -0.4 is 5.32 Å². The average molecular weight is 488 g/mol. The van der Waals surface area contributed by atoms with E-state index in [2.05, 4.69) is 5.32 Å². The van der Waals surface area contributed by atoms with E-state index < -0.39 is 11.0 Å². The van der Waals surface area contributed by atoms with E-state index in [-0.39, 0.29) is 36.5 Å². The molecule has 0 saturated carbocycles. The number of benzene rings is 3. The predicted molar refractivity (Wildman–Crippen MR) is 140 cm³/mol. The van der Waals surface area contributed by atoms with Crippen molar-refractivity contribution < 1.29 is 14.5 Å². The summed E-state index contributed by atoms with van der Waals surface area (Å²) >= 11 is 0. The Morgan fingerprint density at radius 3 is 2.31 bits per heavy atom. The maximum absolute atomic E-state index is 13.8. The summed E-state index contributed by atoms with van der Waals surface area (Å²) in [4.78, 5) is 40.0. The van der Waals surface area contributed by atoms with Crippen LogP contribution >= 0.6 is 0 Å². The summed E-state index contributed by atoms with van der Waals surface area (Å²) < 4.78 is 0. The van der Waals surface area contributed by atoms with E-state index in [1.807, 2.05) is 75.4 Å². The van der Waals surface area contributed by atoms with Crippen LogP contribution in [0, 0.1) is 17.0 Å². The van der Waals surface area contributed by atoms with Gasteiger partial charge in [0.05, 0.1) is 11.3 Å². The van der Waals surface area contributed by atoms with Gasteiger partial charge in [-0.3, -0.25) is 19.7 Å². The molecule has 3 aromatic rings. The number of carbonyl (C=O) groups is 2. The van der Waals surface area contributed by atoms with Crippen molar-refractivity contribution in [3.8, 4) is 0 Å². The highest BCUT2D eigenvalue weighted by atomic mass is 16.6. The zero-order chi connectivity index (χ0) is 26.1. The second-order valence-electron chi connectivity index (χ2n) is 9.10. The third-order valence-electron chi connectivity index (χ3n) is 6.24. The number of nitro benzene ring substituents is 1. The van der Waals surface area contributed by atoms with Gasteiger partial charge in [-0.15, -0.1) is 0 Å². The first-order valence-electron chi connectivity index (χ1n) is 12.2. The topological polar surface area (TPSA) is 92.6 Å². The minimum Gasteiger partial charge on any atom is -0.352 e. The fraction of sp³-hybridized carbons (Fsp3) is 0.310. The highest BCUT2D eigenvalue weighted by Gasteiger charge is 2.32. The molecule has 0 bridgehead atoms. The Morgan fingerprint density at radius 2 is 1.64 bits per heavy atom. The minimum absolute atomic E-state index is 0.0538. The summed E-state index contributed by atoms with van der Waals surface area (Å²) in [6.45, 7) is 6.10. The number of carbonyl (C=O) groups excluding carboxylic acids is 2. The monoisotopic (exact) mass is 487 g/mol. The molecule has 188 valence electrons. The van der Waals surface area contributed by atoms with Gasteiger partial charge in [-0.2, -0.15) is 0 Å². The highest BCUT2D eigenvalue weighted by molar-refractivity contribution is 5.89. The Bertz CT molecular complexity index is 1200. The molecule has 0 aliphatic carbocycles. The SMILES string of the molecule is CC[C@H](C)NC(=O)[C@H](Cc1ccccc1)N(Cc1cccc(C)c1)C(=O)Cc1ccccc1[N+](=O)[O-]. The summed E-state index contributed by atoms with van der Waals surface area (Å²) in [5, 5.41) is 14.6. The second kappa shape index (κ2) is 12.6. The lowest BCUT2D eigenvalue weighted by molar-refractivity contribution is -0.385. The van der Waals surface area contributed by atoms with Crippen molar-refractivity contribution in [3.05, 3.63) is 111 Å². The van der Waals surface area contributed by atoms with Crippen molar-refractivity contribution in [2.45, 2.75) is 58.7 Å². The van der Waals surface area contributed by atoms with Crippen LogP contribution in [0.25, 0.3) is 0 Å². The van der Waals surface area contributed by atoms with Crippen molar-refractivity contribution in [2.24, 2.45) is 0 Å². The maximum Gasteiger partial charge on any atom is 0.273 e. The Morgan fingerprint density at radius 1 is 0.972 bits per heavy atom. The Hall–Kier alpha value is -4.00. The predicted octanol–water partition coefficient (Wildman–Crippen LogP) is 5.00. The molecule has 0 aliphatic rings. The summed E-state index contributed by atoms with van der Waals surface area (Å²) in [6.07, 6.45) is 0.911. The number of amides is 2. The number of nitrogens with one attached hydrogen (secondary N) is 1. The first-order valence-corrected chi connectivity index (χ1v) is 12.2. The summed E-state index contributed by atoms with van der Waals surface area (Å²) in [7, 11) is 0. The smallest absolute Gasteiger partial charge is 0.273 e. The normalized spacial score (nSPS) is 12.4. The van der Waals surface area contributed by atoms with Crippen molar-refractivity contribution in [1.82, 2.24) is 10.2 Å². The molecular formula is C29H33N3O4. The van der Waals surface area contributed by atoms with Crippen LogP contribution in [0.15, 0.2) is 78.9 Å². The quantitative estimate of drug-likeness (QED) is 0.304. The molecule has 3 rings (SSSR count). The van der Waals surface area contributed by atoms with E-state index in [4.69, 9.17) is 0 Å². The minimum atomic E-state index is -0.780. The van der Waals surface area contributed by atoms with Crippen LogP contribution in [-0.2, 0) is 29.0 Å². The van der Waals surface area contributed by atoms with Gasteiger partial charge in [0.25, 0.3) is 5.69 Å². The number of nitrogens with zero attached hydrogens (tertiary/aromatic N) is 2. The van der Waals surface area contributed by atoms with Gasteiger partial charge < -0.3 is 10.2 Å². The molecule has 0 heterocycles. The van der Waals surface area contributed by atoms with Gasteiger partial charge in [-0.1, -0.05) is 85.3 Å². The molecule has 36 heavy (non-hydrogen) atoms. The molecule has 0 aromatic heterocycles. The molecule has 2 atom stereocenters. The van der Waals surface area contributed by atoms with E-state index in [1.165, 1.54) is 6.07 Å². The molecule has 7 heteroatoms. The number of hydrogen-bond acceptors (Lipinski definition) is 4. The van der Waals surface area contributed by atoms with E-state index in [0.717, 1.165) is 23.1 Å². The number of rotatable bonds is 11. The standard InChI is InChI=1S/C29H33N3O4/c1-4-22(3)30-29(34)27(18-23-12-6-5-7-13-23)31(20-24-14-10-11-21(2)17-24)28(33)19-25-15-8-9-16-26(25)32(35)36/h5-17,22,27H,4,18-20H2,1-3H3,(H,30,34)/t22-,27-/m0/s1. The maximum atomic E-state index is 13.8. The molecule has 0 saturated heterocycles. The lowest BCUT2D eigenvalue weighted by Crippen LogP contribution is -2.52. The Kier molecular flexibility index (Phi) is 9.33. The molecule has 1 N–H and O–H groups in total. The largest absolute Gasteiger partial charge is 0.352 e. The van der Waals surface area contributed by atoms with Crippen molar-refractivity contribution >= 4 is 17.5 Å². The molecule has 0 fully saturated rings. The van der Waals surface area contributed by atoms with Gasteiger partial charge >= 0.3 is 0 Å². The number of aryl methyl sites for hydroxylation is 1. The summed E-state index contributed by atoms with van der Waals surface area (Å²) in [5.41, 5.74) is 3.07. The number of nitro groups is 1. The van der Waals surface area contributed by atoms with Crippen molar-refractivity contribution in [3.63, 3.8) is 0 Å². The third kappa shape index (κ3) is 7.25. The zero-order valence-electron chi connectivity index (χ0n) is 21.0. The number of para-hydroxylation sites is 1. The van der Waals surface area contributed by atoms with Crippen molar-refractivity contribution in [1.29, 1.82) is 0 Å². The average Bonchev–Trinajstić information content (AvgIpc) is 2.86. The molecule has 7 nitrogen and oxygen atoms in total. The van der Waals surface area contributed by atoms with Gasteiger partial charge in [0.1, 0.15) is 6.04 Å². The van der Waals surface area contributed by atoms with E-state index in [1.54, 1.807) is 23.1 Å². The zero-order valence-corrected chi connectivity index (χ0v) is 21.0. The van der Waals surface area contributed by atoms with Crippen LogP contribution in [0.4, 0.5) is 5.69 Å². The fourth-order valence-electron chi connectivity index (χ4n) is 4.11. The summed E-state index contributed by atoms with van der Waals surface area (Å²) in [5.74, 6) is -0.581. The van der Waals surface area contributed by atoms with Crippen LogP contribution in [0.5, 0.6) is 0 Å². The summed E-state index contributed by atoms with van der Waals surface area (Å²) in [6, 6.07) is 22.8. The lowest BCUT2D eigenvalue weighted by Gasteiger charge is -2.32. The molecular weight excluding hydrogens is 454 g/mol. The van der Waals surface area contributed by atoms with E-state index >= 15 is 0 Å². The Balaban J connectivity index is 2.02. The van der Waals surface area contributed by atoms with E-state index in [0.29, 0.717) is 12.0 Å². The van der Waals surface area contributed by atoms with Gasteiger partial charge in [-0.25, -0.2) is 0 Å². The molecule has 0 unspecified atom stereocenters.